The molecular formula is C17H28FN3OS. The van der Waals surface area contributed by atoms with Gasteiger partial charge in [0.15, 0.2) is 0 Å². The van der Waals surface area contributed by atoms with Crippen molar-refractivity contribution >= 4 is 11.8 Å². The summed E-state index contributed by atoms with van der Waals surface area (Å²) in [7, 11) is 4.14. The highest BCUT2D eigenvalue weighted by atomic mass is 32.2. The smallest absolute Gasteiger partial charge is 0.136 e. The fourth-order valence-corrected chi connectivity index (χ4v) is 3.71. The molecule has 0 aromatic heterocycles. The first-order chi connectivity index (χ1) is 11.0. The van der Waals surface area contributed by atoms with E-state index in [4.69, 9.17) is 0 Å². The van der Waals surface area contributed by atoms with Gasteiger partial charge >= 0.3 is 0 Å². The van der Waals surface area contributed by atoms with Gasteiger partial charge in [0.2, 0.25) is 0 Å². The number of hydrogen-bond donors (Lipinski definition) is 1. The Balaban J connectivity index is 1.62. The van der Waals surface area contributed by atoms with Crippen molar-refractivity contribution in [2.75, 3.05) is 65.7 Å². The summed E-state index contributed by atoms with van der Waals surface area (Å²) in [6, 6.07) is 6.86. The lowest BCUT2D eigenvalue weighted by molar-refractivity contribution is 0.0620. The standard InChI is InChI=1S/C17H28FN3OS/c1-19-7-9-21(10-8-19)14-15(22)13-20(2)11-12-23-17-6-4-3-5-16(17)18/h3-6,15,22H,7-14H2,1-2H3. The summed E-state index contributed by atoms with van der Waals surface area (Å²) in [6.45, 7) is 6.42. The Bertz CT molecular complexity index is 469. The highest BCUT2D eigenvalue weighted by molar-refractivity contribution is 7.99. The third kappa shape index (κ3) is 6.77. The van der Waals surface area contributed by atoms with Gasteiger partial charge < -0.3 is 14.9 Å². The van der Waals surface area contributed by atoms with Gasteiger partial charge in [-0.1, -0.05) is 12.1 Å². The summed E-state index contributed by atoms with van der Waals surface area (Å²) in [6.07, 6.45) is -0.332. The average Bonchev–Trinajstić information content (AvgIpc) is 2.51. The molecule has 0 saturated carbocycles. The Labute approximate surface area is 143 Å². The van der Waals surface area contributed by atoms with Gasteiger partial charge in [-0.3, -0.25) is 4.90 Å². The average molecular weight is 341 g/mol. The number of rotatable bonds is 8. The number of thioether (sulfide) groups is 1. The van der Waals surface area contributed by atoms with E-state index in [1.54, 1.807) is 6.07 Å². The molecule has 6 heteroatoms. The van der Waals surface area contributed by atoms with Crippen molar-refractivity contribution in [1.29, 1.82) is 0 Å². The molecule has 0 spiro atoms. The predicted octanol–water partition coefficient (Wildman–Crippen LogP) is 1.46. The summed E-state index contributed by atoms with van der Waals surface area (Å²) >= 11 is 1.52. The van der Waals surface area contributed by atoms with E-state index in [-0.39, 0.29) is 11.9 Å². The highest BCUT2D eigenvalue weighted by Crippen LogP contribution is 2.20. The first kappa shape index (κ1) is 18.7. The fraction of sp³-hybridized carbons (Fsp3) is 0.647. The lowest BCUT2D eigenvalue weighted by atomic mass is 10.2. The van der Waals surface area contributed by atoms with Crippen LogP contribution in [0.25, 0.3) is 0 Å². The van der Waals surface area contributed by atoms with Crippen LogP contribution in [0.1, 0.15) is 0 Å². The summed E-state index contributed by atoms with van der Waals surface area (Å²) in [5, 5.41) is 10.2. The number of piperazine rings is 1. The van der Waals surface area contributed by atoms with E-state index in [9.17, 15) is 9.50 Å². The second kappa shape index (κ2) is 9.59. The minimum absolute atomic E-state index is 0.157. The normalized spacial score (nSPS) is 18.5. The maximum absolute atomic E-state index is 13.5. The number of hydrogen-bond acceptors (Lipinski definition) is 5. The highest BCUT2D eigenvalue weighted by Gasteiger charge is 2.17. The molecule has 1 saturated heterocycles. The van der Waals surface area contributed by atoms with Gasteiger partial charge in [-0.15, -0.1) is 11.8 Å². The Morgan fingerprint density at radius 2 is 1.96 bits per heavy atom. The quantitative estimate of drug-likeness (QED) is 0.723. The number of aliphatic hydroxyl groups excluding tert-OH is 1. The van der Waals surface area contributed by atoms with Crippen LogP contribution in [-0.2, 0) is 0 Å². The third-order valence-electron chi connectivity index (χ3n) is 4.15. The summed E-state index contributed by atoms with van der Waals surface area (Å²) in [5.74, 6) is 0.661. The fourth-order valence-electron chi connectivity index (χ4n) is 2.71. The van der Waals surface area contributed by atoms with E-state index in [2.05, 4.69) is 21.7 Å². The number of halogens is 1. The molecule has 1 fully saturated rings. The molecule has 1 atom stereocenters. The number of likely N-dealkylation sites (N-methyl/N-ethyl adjacent to an activating group) is 2. The summed E-state index contributed by atoms with van der Waals surface area (Å²) < 4.78 is 13.5. The molecule has 1 aromatic carbocycles. The number of nitrogens with zero attached hydrogens (tertiary/aromatic N) is 3. The lowest BCUT2D eigenvalue weighted by Gasteiger charge is -2.34. The van der Waals surface area contributed by atoms with Crippen molar-refractivity contribution in [1.82, 2.24) is 14.7 Å². The van der Waals surface area contributed by atoms with E-state index in [0.717, 1.165) is 45.0 Å². The topological polar surface area (TPSA) is 30.0 Å². The van der Waals surface area contributed by atoms with Crippen LogP contribution >= 0.6 is 11.8 Å². The van der Waals surface area contributed by atoms with Crippen LogP contribution in [0.15, 0.2) is 29.2 Å². The molecule has 1 heterocycles. The second-order valence-electron chi connectivity index (χ2n) is 6.30. The molecule has 0 aliphatic carbocycles. The van der Waals surface area contributed by atoms with Crippen LogP contribution in [0.5, 0.6) is 0 Å². The SMILES string of the molecule is CN1CCN(CC(O)CN(C)CCSc2ccccc2F)CC1. The largest absolute Gasteiger partial charge is 0.390 e. The summed E-state index contributed by atoms with van der Waals surface area (Å²) in [4.78, 5) is 7.45. The molecular weight excluding hydrogens is 313 g/mol. The van der Waals surface area contributed by atoms with E-state index >= 15 is 0 Å². The van der Waals surface area contributed by atoms with Gasteiger partial charge in [0, 0.05) is 56.5 Å². The van der Waals surface area contributed by atoms with Gasteiger partial charge in [-0.2, -0.15) is 0 Å². The molecule has 4 nitrogen and oxygen atoms in total. The van der Waals surface area contributed by atoms with Crippen molar-refractivity contribution < 1.29 is 9.50 Å². The molecule has 1 aromatic rings. The third-order valence-corrected chi connectivity index (χ3v) is 5.18. The number of aliphatic hydroxyl groups is 1. The van der Waals surface area contributed by atoms with E-state index in [1.165, 1.54) is 17.8 Å². The Hall–Kier alpha value is -0.660. The molecule has 1 aliphatic rings. The van der Waals surface area contributed by atoms with Crippen LogP contribution in [0.4, 0.5) is 4.39 Å². The van der Waals surface area contributed by atoms with Crippen LogP contribution in [0, 0.1) is 5.82 Å². The molecule has 1 unspecified atom stereocenters. The predicted molar refractivity (Wildman–Crippen MR) is 94.6 cm³/mol. The van der Waals surface area contributed by atoms with Gasteiger partial charge in [0.25, 0.3) is 0 Å². The van der Waals surface area contributed by atoms with Crippen molar-refractivity contribution in [3.63, 3.8) is 0 Å². The summed E-state index contributed by atoms with van der Waals surface area (Å²) in [5.41, 5.74) is 0. The van der Waals surface area contributed by atoms with Gasteiger partial charge in [-0.25, -0.2) is 4.39 Å². The van der Waals surface area contributed by atoms with Crippen LogP contribution < -0.4 is 0 Å². The Morgan fingerprint density at radius 1 is 1.26 bits per heavy atom. The minimum Gasteiger partial charge on any atom is -0.390 e. The molecule has 1 N–H and O–H groups in total. The first-order valence-electron chi connectivity index (χ1n) is 8.19. The molecule has 23 heavy (non-hydrogen) atoms. The number of benzene rings is 1. The second-order valence-corrected chi connectivity index (χ2v) is 7.44. The van der Waals surface area contributed by atoms with Crippen molar-refractivity contribution in [2.45, 2.75) is 11.0 Å². The Morgan fingerprint density at radius 3 is 2.65 bits per heavy atom. The number of β-amino-alcohol motifs (C(OH)–C–C–N with tert-alkyl or cyclic N) is 1. The van der Waals surface area contributed by atoms with Crippen molar-refractivity contribution in [3.8, 4) is 0 Å². The zero-order chi connectivity index (χ0) is 16.7. The van der Waals surface area contributed by atoms with Gasteiger partial charge in [-0.05, 0) is 26.2 Å². The maximum atomic E-state index is 13.5. The molecule has 0 amide bonds. The van der Waals surface area contributed by atoms with E-state index < -0.39 is 0 Å². The van der Waals surface area contributed by atoms with Crippen LogP contribution in [0.3, 0.4) is 0 Å². The first-order valence-corrected chi connectivity index (χ1v) is 9.18. The molecule has 1 aliphatic heterocycles. The van der Waals surface area contributed by atoms with E-state index in [0.29, 0.717) is 11.4 Å². The Kier molecular flexibility index (Phi) is 7.79. The maximum Gasteiger partial charge on any atom is 0.136 e. The molecule has 0 radical (unpaired) electrons. The molecule has 0 bridgehead atoms. The van der Waals surface area contributed by atoms with Crippen LogP contribution in [0.2, 0.25) is 0 Å². The van der Waals surface area contributed by atoms with Gasteiger partial charge in [0.05, 0.1) is 6.10 Å². The lowest BCUT2D eigenvalue weighted by Crippen LogP contribution is -2.48. The van der Waals surface area contributed by atoms with Crippen molar-refractivity contribution in [2.24, 2.45) is 0 Å². The monoisotopic (exact) mass is 341 g/mol. The van der Waals surface area contributed by atoms with Gasteiger partial charge in [0.1, 0.15) is 5.82 Å². The minimum atomic E-state index is -0.332. The van der Waals surface area contributed by atoms with Crippen molar-refractivity contribution in [3.05, 3.63) is 30.1 Å². The molecule has 2 rings (SSSR count). The van der Waals surface area contributed by atoms with Crippen LogP contribution in [-0.4, -0.2) is 91.6 Å². The molecule has 130 valence electrons. The zero-order valence-electron chi connectivity index (χ0n) is 14.1. The van der Waals surface area contributed by atoms with E-state index in [1.807, 2.05) is 19.2 Å². The zero-order valence-corrected chi connectivity index (χ0v) is 14.9.